The summed E-state index contributed by atoms with van der Waals surface area (Å²) in [7, 11) is 0. The van der Waals surface area contributed by atoms with E-state index < -0.39 is 28.7 Å². The predicted octanol–water partition coefficient (Wildman–Crippen LogP) is 1.91. The Hall–Kier alpha value is -2.50. The second-order valence-electron chi connectivity index (χ2n) is 7.12. The van der Waals surface area contributed by atoms with Crippen LogP contribution in [0.2, 0.25) is 0 Å². The van der Waals surface area contributed by atoms with Crippen LogP contribution in [-0.4, -0.2) is 28.7 Å². The molecule has 2 fully saturated rings. The number of hydrogen-bond acceptors (Lipinski definition) is 5. The van der Waals surface area contributed by atoms with Crippen molar-refractivity contribution in [3.05, 3.63) is 35.4 Å². The summed E-state index contributed by atoms with van der Waals surface area (Å²) in [5.41, 5.74) is 0.625. The first-order valence-electron chi connectivity index (χ1n) is 7.80. The van der Waals surface area contributed by atoms with Crippen molar-refractivity contribution in [2.45, 2.75) is 50.4 Å². The fourth-order valence-electron chi connectivity index (χ4n) is 3.50. The van der Waals surface area contributed by atoms with Crippen LogP contribution in [0.15, 0.2) is 24.3 Å². The van der Waals surface area contributed by atoms with Crippen molar-refractivity contribution < 1.29 is 28.7 Å². The Balaban J connectivity index is 1.88. The van der Waals surface area contributed by atoms with Gasteiger partial charge >= 0.3 is 23.9 Å². The van der Waals surface area contributed by atoms with E-state index in [1.807, 2.05) is 38.1 Å². The normalized spacial score (nSPS) is 26.8. The van der Waals surface area contributed by atoms with Gasteiger partial charge in [0.2, 0.25) is 0 Å². The highest BCUT2D eigenvalue weighted by Crippen LogP contribution is 2.39. The van der Waals surface area contributed by atoms with E-state index in [9.17, 15) is 19.2 Å². The fourth-order valence-corrected chi connectivity index (χ4v) is 3.50. The number of rotatable bonds is 2. The average Bonchev–Trinajstić information content (AvgIpc) is 2.44. The first kappa shape index (κ1) is 16.4. The molecule has 6 nitrogen and oxygen atoms in total. The molecular weight excluding hydrogens is 312 g/mol. The maximum Gasteiger partial charge on any atom is 0.492 e. The zero-order valence-electron chi connectivity index (χ0n) is 13.6. The summed E-state index contributed by atoms with van der Waals surface area (Å²) < 4.78 is 9.31. The lowest BCUT2D eigenvalue weighted by Crippen LogP contribution is -2.38. The van der Waals surface area contributed by atoms with E-state index in [1.54, 1.807) is 0 Å². The molecule has 0 amide bonds. The summed E-state index contributed by atoms with van der Waals surface area (Å²) >= 11 is 0. The number of carbonyl (C=O) groups is 3. The zero-order valence-corrected chi connectivity index (χ0v) is 13.6. The Morgan fingerprint density at radius 1 is 0.750 bits per heavy atom. The second kappa shape index (κ2) is 5.54. The molecule has 1 unspecified atom stereocenters. The molecule has 0 bridgehead atoms. The Bertz CT molecular complexity index is 635. The molecule has 0 aliphatic carbocycles. The summed E-state index contributed by atoms with van der Waals surface area (Å²) in [5.74, 6) is -1.76. The summed E-state index contributed by atoms with van der Waals surface area (Å²) in [6.45, 7) is 3.75. The van der Waals surface area contributed by atoms with E-state index in [0.29, 0.717) is 0 Å². The van der Waals surface area contributed by atoms with Crippen molar-refractivity contribution in [3.8, 4) is 0 Å². The molecule has 1 aromatic carbocycles. The molecular formula is C18H19O6+. The molecule has 3 rings (SSSR count). The van der Waals surface area contributed by atoms with Crippen LogP contribution in [0.5, 0.6) is 0 Å². The lowest BCUT2D eigenvalue weighted by molar-refractivity contribution is -0.166. The van der Waals surface area contributed by atoms with Gasteiger partial charge in [-0.3, -0.25) is 9.59 Å². The van der Waals surface area contributed by atoms with Crippen molar-refractivity contribution in [2.24, 2.45) is 0 Å². The maximum atomic E-state index is 11.6. The highest BCUT2D eigenvalue weighted by Gasteiger charge is 2.45. The predicted molar refractivity (Wildman–Crippen MR) is 83.7 cm³/mol. The van der Waals surface area contributed by atoms with Crippen LogP contribution < -0.4 is 0 Å². The lowest BCUT2D eigenvalue weighted by Gasteiger charge is -2.33. The first-order chi connectivity index (χ1) is 11.2. The number of esters is 4. The van der Waals surface area contributed by atoms with Crippen LogP contribution in [0.4, 0.5) is 0 Å². The van der Waals surface area contributed by atoms with Crippen molar-refractivity contribution >= 4 is 23.9 Å². The smallest absolute Gasteiger partial charge is 0.393 e. The highest BCUT2D eigenvalue weighted by atomic mass is 16.6. The van der Waals surface area contributed by atoms with Gasteiger partial charge < -0.3 is 9.53 Å². The molecule has 24 heavy (non-hydrogen) atoms. The Morgan fingerprint density at radius 2 is 1.12 bits per heavy atom. The van der Waals surface area contributed by atoms with E-state index in [1.165, 1.54) is 0 Å². The molecule has 2 aliphatic heterocycles. The molecule has 1 atom stereocenters. The summed E-state index contributed by atoms with van der Waals surface area (Å²) in [5, 5.41) is 0. The minimum absolute atomic E-state index is 0.149. The summed E-state index contributed by atoms with van der Waals surface area (Å²) in [4.78, 5) is 44.4. The van der Waals surface area contributed by atoms with Crippen LogP contribution in [0.25, 0.3) is 0 Å². The van der Waals surface area contributed by atoms with E-state index >= 15 is 0 Å². The minimum Gasteiger partial charge on any atom is -0.393 e. The molecule has 6 heteroatoms. The molecule has 0 spiro atoms. The second-order valence-corrected chi connectivity index (χ2v) is 7.12. The minimum atomic E-state index is -0.592. The molecule has 0 saturated carbocycles. The van der Waals surface area contributed by atoms with Gasteiger partial charge in [0.25, 0.3) is 0 Å². The van der Waals surface area contributed by atoms with Gasteiger partial charge in [0.1, 0.15) is 6.42 Å². The van der Waals surface area contributed by atoms with Crippen molar-refractivity contribution in [2.75, 3.05) is 0 Å². The van der Waals surface area contributed by atoms with Gasteiger partial charge in [-0.15, -0.1) is 0 Å². The molecule has 2 heterocycles. The molecule has 1 aromatic rings. The highest BCUT2D eigenvalue weighted by molar-refractivity contribution is 5.91. The van der Waals surface area contributed by atoms with Gasteiger partial charge in [-0.05, 0) is 11.1 Å². The Kier molecular flexibility index (Phi) is 3.78. The van der Waals surface area contributed by atoms with Crippen LogP contribution in [-0.2, 0) is 34.7 Å². The van der Waals surface area contributed by atoms with Crippen molar-refractivity contribution in [1.29, 1.82) is 0 Å². The maximum absolute atomic E-state index is 11.6. The number of cyclic esters (lactones) is 4. The van der Waals surface area contributed by atoms with Gasteiger partial charge in [0, 0.05) is 10.8 Å². The topological polar surface area (TPSA) is 91.1 Å². The Labute approximate surface area is 139 Å². The standard InChI is InChI=1S/C18H18O6/c1-17(7-13(19)23-14(20)8-17)11-3-5-12(6-4-11)18(2)9-15(21)24-16(22)10-18/h3-6H,7-10H2,1-2H3/p+1. The molecule has 1 N–H and O–H groups in total. The molecule has 126 valence electrons. The van der Waals surface area contributed by atoms with Crippen molar-refractivity contribution in [3.63, 3.8) is 0 Å². The summed E-state index contributed by atoms with van der Waals surface area (Å²) in [6.07, 6.45) is 0.727. The van der Waals surface area contributed by atoms with E-state index in [2.05, 4.69) is 4.74 Å². The molecule has 0 aromatic heterocycles. The van der Waals surface area contributed by atoms with Gasteiger partial charge in [0.05, 0.1) is 19.3 Å². The van der Waals surface area contributed by atoms with Crippen LogP contribution in [0.3, 0.4) is 0 Å². The van der Waals surface area contributed by atoms with Gasteiger partial charge in [0.15, 0.2) is 0 Å². The SMILES string of the molecule is CC1(c2ccc(C3(C)CC(=O)OC(=[OH+])C3)cc2)CC(=O)OC(=O)C1. The quantitative estimate of drug-likeness (QED) is 0.469. The average molecular weight is 331 g/mol. The number of benzene rings is 1. The largest absolute Gasteiger partial charge is 0.492 e. The third-order valence-corrected chi connectivity index (χ3v) is 4.88. The van der Waals surface area contributed by atoms with Crippen LogP contribution in [0.1, 0.15) is 50.7 Å². The Morgan fingerprint density at radius 3 is 1.54 bits per heavy atom. The molecule has 2 aliphatic rings. The lowest BCUT2D eigenvalue weighted by atomic mass is 9.72. The third kappa shape index (κ3) is 2.96. The number of hydrogen-bond donors (Lipinski definition) is 0. The van der Waals surface area contributed by atoms with Crippen LogP contribution >= 0.6 is 0 Å². The van der Waals surface area contributed by atoms with Crippen LogP contribution in [0, 0.1) is 0 Å². The number of carbonyl (C=O) groups excluding carboxylic acids is 4. The van der Waals surface area contributed by atoms with Gasteiger partial charge in [-0.25, -0.2) is 9.53 Å². The monoisotopic (exact) mass is 331 g/mol. The van der Waals surface area contributed by atoms with Crippen molar-refractivity contribution in [1.82, 2.24) is 0 Å². The van der Waals surface area contributed by atoms with E-state index in [0.717, 1.165) is 11.1 Å². The van der Waals surface area contributed by atoms with E-state index in [-0.39, 0.29) is 31.7 Å². The van der Waals surface area contributed by atoms with Gasteiger partial charge in [-0.1, -0.05) is 38.1 Å². The fraction of sp³-hybridized carbons (Fsp3) is 0.444. The van der Waals surface area contributed by atoms with Gasteiger partial charge in [-0.2, -0.15) is 0 Å². The third-order valence-electron chi connectivity index (χ3n) is 4.88. The van der Waals surface area contributed by atoms with E-state index in [4.69, 9.17) is 4.74 Å². The number of ether oxygens (including phenoxy) is 2. The molecule has 0 radical (unpaired) electrons. The first-order valence-corrected chi connectivity index (χ1v) is 7.80. The zero-order chi connectivity index (χ0) is 17.5. The molecule has 2 saturated heterocycles. The summed E-state index contributed by atoms with van der Waals surface area (Å²) in [6, 6.07) is 7.47.